The second-order valence-electron chi connectivity index (χ2n) is 4.94. The lowest BCUT2D eigenvalue weighted by Gasteiger charge is -2.22. The summed E-state index contributed by atoms with van der Waals surface area (Å²) in [5.41, 5.74) is 2.43. The van der Waals surface area contributed by atoms with Gasteiger partial charge in [-0.3, -0.25) is 0 Å². The zero-order valence-electron chi connectivity index (χ0n) is 11.7. The molecule has 2 N–H and O–H groups in total. The van der Waals surface area contributed by atoms with E-state index in [1.807, 2.05) is 12.3 Å². The highest BCUT2D eigenvalue weighted by Crippen LogP contribution is 2.25. The lowest BCUT2D eigenvalue weighted by Crippen LogP contribution is -2.27. The summed E-state index contributed by atoms with van der Waals surface area (Å²) in [6, 6.07) is 6.17. The van der Waals surface area contributed by atoms with Crippen molar-refractivity contribution in [2.45, 2.75) is 24.9 Å². The van der Waals surface area contributed by atoms with Crippen molar-refractivity contribution < 1.29 is 23.1 Å². The topological polar surface area (TPSA) is 66.6 Å². The number of carboxylic acids is 1. The first-order chi connectivity index (χ1) is 10.4. The Kier molecular flexibility index (Phi) is 5.02. The second-order valence-corrected chi connectivity index (χ2v) is 4.94. The number of pyridine rings is 1. The molecule has 2 aromatic heterocycles. The third-order valence-corrected chi connectivity index (χ3v) is 3.45. The van der Waals surface area contributed by atoms with E-state index >= 15 is 0 Å². The number of rotatable bonds is 1. The molecule has 0 radical (unpaired) electrons. The van der Waals surface area contributed by atoms with E-state index in [0.717, 1.165) is 18.7 Å². The van der Waals surface area contributed by atoms with Crippen LogP contribution in [0.4, 0.5) is 13.2 Å². The van der Waals surface area contributed by atoms with Crippen molar-refractivity contribution in [3.05, 3.63) is 36.3 Å². The molecule has 1 fully saturated rings. The molecule has 3 heterocycles. The molecule has 5 nitrogen and oxygen atoms in total. The molecular formula is C14H16F3N3O2. The first kappa shape index (κ1) is 16.3. The van der Waals surface area contributed by atoms with E-state index in [4.69, 9.17) is 9.90 Å². The van der Waals surface area contributed by atoms with Crippen LogP contribution < -0.4 is 5.32 Å². The van der Waals surface area contributed by atoms with E-state index in [-0.39, 0.29) is 0 Å². The summed E-state index contributed by atoms with van der Waals surface area (Å²) in [5, 5.41) is 10.5. The van der Waals surface area contributed by atoms with Gasteiger partial charge in [0.25, 0.3) is 0 Å². The van der Waals surface area contributed by atoms with Crippen LogP contribution in [0, 0.1) is 0 Å². The Balaban J connectivity index is 0.000000217. The predicted octanol–water partition coefficient (Wildman–Crippen LogP) is 2.43. The smallest absolute Gasteiger partial charge is 0.475 e. The fourth-order valence-electron chi connectivity index (χ4n) is 2.37. The highest BCUT2D eigenvalue weighted by atomic mass is 19.4. The van der Waals surface area contributed by atoms with Crippen molar-refractivity contribution in [2.75, 3.05) is 13.1 Å². The summed E-state index contributed by atoms with van der Waals surface area (Å²) >= 11 is 0. The molecule has 1 aliphatic heterocycles. The zero-order valence-corrected chi connectivity index (χ0v) is 11.7. The third-order valence-electron chi connectivity index (χ3n) is 3.45. The molecule has 0 amide bonds. The maximum absolute atomic E-state index is 10.6. The highest BCUT2D eigenvalue weighted by molar-refractivity contribution is 5.73. The van der Waals surface area contributed by atoms with Gasteiger partial charge in [0.2, 0.25) is 0 Å². The van der Waals surface area contributed by atoms with E-state index < -0.39 is 12.1 Å². The monoisotopic (exact) mass is 315 g/mol. The van der Waals surface area contributed by atoms with Crippen LogP contribution in [-0.4, -0.2) is 39.7 Å². The van der Waals surface area contributed by atoms with Crippen molar-refractivity contribution in [1.82, 2.24) is 14.7 Å². The lowest BCUT2D eigenvalue weighted by atomic mass is 9.95. The summed E-state index contributed by atoms with van der Waals surface area (Å²) in [7, 11) is 0. The van der Waals surface area contributed by atoms with E-state index in [0.29, 0.717) is 5.92 Å². The summed E-state index contributed by atoms with van der Waals surface area (Å²) < 4.78 is 34.0. The minimum atomic E-state index is -5.08. The number of imidazole rings is 1. The van der Waals surface area contributed by atoms with Gasteiger partial charge >= 0.3 is 12.1 Å². The van der Waals surface area contributed by atoms with Gasteiger partial charge in [0.15, 0.2) is 0 Å². The van der Waals surface area contributed by atoms with Crippen molar-refractivity contribution in [3.63, 3.8) is 0 Å². The van der Waals surface area contributed by atoms with Crippen LogP contribution in [-0.2, 0) is 4.79 Å². The molecule has 0 unspecified atom stereocenters. The standard InChI is InChI=1S/C12H15N3.C2HF3O2/c1-2-8-15-11(9-14-12(15)3-1)10-4-6-13-7-5-10;3-2(4,5)1(6)7/h1-3,8-10,13H,4-7H2;(H,6,7). The van der Waals surface area contributed by atoms with Crippen molar-refractivity contribution in [1.29, 1.82) is 0 Å². The summed E-state index contributed by atoms with van der Waals surface area (Å²) in [5.74, 6) is -2.09. The van der Waals surface area contributed by atoms with Crippen molar-refractivity contribution in [2.24, 2.45) is 0 Å². The van der Waals surface area contributed by atoms with Gasteiger partial charge in [0.1, 0.15) is 5.65 Å². The molecule has 1 aliphatic rings. The molecular weight excluding hydrogens is 299 g/mol. The largest absolute Gasteiger partial charge is 0.490 e. The average Bonchev–Trinajstić information content (AvgIpc) is 2.92. The van der Waals surface area contributed by atoms with Crippen LogP contribution in [0.3, 0.4) is 0 Å². The first-order valence-electron chi connectivity index (χ1n) is 6.82. The normalized spacial score (nSPS) is 16.1. The molecule has 2 aromatic rings. The molecule has 22 heavy (non-hydrogen) atoms. The Morgan fingerprint density at radius 2 is 1.95 bits per heavy atom. The number of piperidine rings is 1. The van der Waals surface area contributed by atoms with Crippen LogP contribution in [0.25, 0.3) is 5.65 Å². The van der Waals surface area contributed by atoms with E-state index in [1.54, 1.807) is 0 Å². The molecule has 8 heteroatoms. The molecule has 0 aliphatic carbocycles. The Bertz CT molecular complexity index is 634. The van der Waals surface area contributed by atoms with Crippen LogP contribution in [0.15, 0.2) is 30.6 Å². The van der Waals surface area contributed by atoms with Crippen LogP contribution in [0.5, 0.6) is 0 Å². The number of fused-ring (bicyclic) bond motifs is 1. The molecule has 120 valence electrons. The van der Waals surface area contributed by atoms with Gasteiger partial charge in [0.05, 0.1) is 0 Å². The van der Waals surface area contributed by atoms with Crippen LogP contribution >= 0.6 is 0 Å². The molecule has 0 bridgehead atoms. The minimum absolute atomic E-state index is 0.670. The average molecular weight is 315 g/mol. The molecule has 0 atom stereocenters. The Morgan fingerprint density at radius 3 is 2.55 bits per heavy atom. The molecule has 3 rings (SSSR count). The summed E-state index contributed by atoms with van der Waals surface area (Å²) in [4.78, 5) is 13.3. The number of halogens is 3. The van der Waals surface area contributed by atoms with Gasteiger partial charge in [0, 0.05) is 24.0 Å². The van der Waals surface area contributed by atoms with Gasteiger partial charge in [-0.2, -0.15) is 13.2 Å². The number of nitrogens with zero attached hydrogens (tertiary/aromatic N) is 2. The maximum atomic E-state index is 10.6. The minimum Gasteiger partial charge on any atom is -0.475 e. The predicted molar refractivity (Wildman–Crippen MR) is 73.7 cm³/mol. The van der Waals surface area contributed by atoms with Crippen molar-refractivity contribution in [3.8, 4) is 0 Å². The van der Waals surface area contributed by atoms with Gasteiger partial charge in [-0.05, 0) is 38.1 Å². The van der Waals surface area contributed by atoms with Crippen LogP contribution in [0.1, 0.15) is 24.5 Å². The lowest BCUT2D eigenvalue weighted by molar-refractivity contribution is -0.192. The number of aliphatic carboxylic acids is 1. The number of aromatic nitrogens is 2. The van der Waals surface area contributed by atoms with E-state index in [2.05, 4.69) is 33.0 Å². The zero-order chi connectivity index (χ0) is 16.2. The Labute approximate surface area is 124 Å². The first-order valence-corrected chi connectivity index (χ1v) is 6.82. The summed E-state index contributed by atoms with van der Waals surface area (Å²) in [6.45, 7) is 2.26. The van der Waals surface area contributed by atoms with E-state index in [9.17, 15) is 13.2 Å². The second kappa shape index (κ2) is 6.78. The number of hydrogen-bond donors (Lipinski definition) is 2. The molecule has 1 saturated heterocycles. The number of hydrogen-bond acceptors (Lipinski definition) is 3. The quantitative estimate of drug-likeness (QED) is 0.848. The third kappa shape index (κ3) is 3.97. The molecule has 0 saturated carbocycles. The van der Waals surface area contributed by atoms with Gasteiger partial charge in [-0.25, -0.2) is 9.78 Å². The number of carboxylic acid groups (broad SMARTS) is 1. The maximum Gasteiger partial charge on any atom is 0.490 e. The van der Waals surface area contributed by atoms with E-state index in [1.165, 1.54) is 18.5 Å². The molecule has 0 aromatic carbocycles. The Hall–Kier alpha value is -2.09. The fraction of sp³-hybridized carbons (Fsp3) is 0.429. The summed E-state index contributed by atoms with van der Waals surface area (Å²) in [6.07, 6.45) is 1.51. The SMILES string of the molecule is O=C(O)C(F)(F)F.c1ccn2c(C3CCNCC3)cnc2c1. The number of alkyl halides is 3. The van der Waals surface area contributed by atoms with Crippen LogP contribution in [0.2, 0.25) is 0 Å². The number of nitrogens with one attached hydrogen (secondary N) is 1. The highest BCUT2D eigenvalue weighted by Gasteiger charge is 2.38. The van der Waals surface area contributed by atoms with Crippen molar-refractivity contribution >= 4 is 11.6 Å². The fourth-order valence-corrected chi connectivity index (χ4v) is 2.37. The molecule has 0 spiro atoms. The number of carbonyl (C=O) groups is 1. The Morgan fingerprint density at radius 1 is 1.32 bits per heavy atom. The van der Waals surface area contributed by atoms with Gasteiger partial charge < -0.3 is 14.8 Å². The van der Waals surface area contributed by atoms with Gasteiger partial charge in [-0.1, -0.05) is 6.07 Å². The van der Waals surface area contributed by atoms with Gasteiger partial charge in [-0.15, -0.1) is 0 Å².